The standard InChI is InChI=1S/C23H34N4O3/c1-16-13-26(14-17(2)30-16)15-19-7-5-18(6-8-19)12-24-23(29)27-11-3-4-21(27)22(28)25-20-9-10-20/h5-8,16-17,20-21H,3-4,9-15H2,1-2H3,(H,24,29)(H,25,28). The minimum Gasteiger partial charge on any atom is -0.373 e. The maximum Gasteiger partial charge on any atom is 0.318 e. The molecule has 7 heteroatoms. The highest BCUT2D eigenvalue weighted by Gasteiger charge is 2.36. The molecule has 1 saturated carbocycles. The number of likely N-dealkylation sites (tertiary alicyclic amines) is 1. The fraction of sp³-hybridized carbons (Fsp3) is 0.652. The number of carbonyl (C=O) groups excluding carboxylic acids is 2. The van der Waals surface area contributed by atoms with Crippen molar-refractivity contribution in [2.24, 2.45) is 0 Å². The first-order valence-corrected chi connectivity index (χ1v) is 11.3. The van der Waals surface area contributed by atoms with Crippen molar-refractivity contribution in [3.05, 3.63) is 35.4 Å². The van der Waals surface area contributed by atoms with Crippen molar-refractivity contribution in [2.75, 3.05) is 19.6 Å². The van der Waals surface area contributed by atoms with Crippen molar-refractivity contribution in [3.63, 3.8) is 0 Å². The fourth-order valence-corrected chi connectivity index (χ4v) is 4.52. The number of nitrogens with zero attached hydrogens (tertiary/aromatic N) is 2. The van der Waals surface area contributed by atoms with Crippen LogP contribution in [0.15, 0.2) is 24.3 Å². The topological polar surface area (TPSA) is 73.9 Å². The Hall–Kier alpha value is -2.12. The van der Waals surface area contributed by atoms with Gasteiger partial charge in [0, 0.05) is 38.8 Å². The summed E-state index contributed by atoms with van der Waals surface area (Å²) in [4.78, 5) is 29.1. The first-order chi connectivity index (χ1) is 14.5. The number of nitrogens with one attached hydrogen (secondary N) is 2. The predicted octanol–water partition coefficient (Wildman–Crippen LogP) is 2.25. The van der Waals surface area contributed by atoms with E-state index in [1.165, 1.54) is 5.56 Å². The van der Waals surface area contributed by atoms with Crippen molar-refractivity contribution in [1.82, 2.24) is 20.4 Å². The minimum atomic E-state index is -0.328. The summed E-state index contributed by atoms with van der Waals surface area (Å²) in [7, 11) is 0. The quantitative estimate of drug-likeness (QED) is 0.749. The van der Waals surface area contributed by atoms with Crippen LogP contribution in [0.25, 0.3) is 0 Å². The zero-order valence-electron chi connectivity index (χ0n) is 18.1. The lowest BCUT2D eigenvalue weighted by Gasteiger charge is -2.35. The molecule has 3 amide bonds. The summed E-state index contributed by atoms with van der Waals surface area (Å²) in [6.07, 6.45) is 4.28. The van der Waals surface area contributed by atoms with E-state index in [0.717, 1.165) is 50.9 Å². The maximum atomic E-state index is 12.6. The van der Waals surface area contributed by atoms with Crippen molar-refractivity contribution in [2.45, 2.75) is 76.9 Å². The van der Waals surface area contributed by atoms with E-state index < -0.39 is 0 Å². The monoisotopic (exact) mass is 414 g/mol. The van der Waals surface area contributed by atoms with E-state index in [1.807, 2.05) is 0 Å². The lowest BCUT2D eigenvalue weighted by atomic mass is 10.1. The normalized spacial score (nSPS) is 27.1. The molecule has 0 spiro atoms. The van der Waals surface area contributed by atoms with Gasteiger partial charge in [-0.1, -0.05) is 24.3 Å². The Bertz CT molecular complexity index is 739. The molecule has 3 unspecified atom stereocenters. The summed E-state index contributed by atoms with van der Waals surface area (Å²) < 4.78 is 5.80. The van der Waals surface area contributed by atoms with Crippen LogP contribution in [0, 0.1) is 0 Å². The molecular weight excluding hydrogens is 380 g/mol. The molecule has 1 aromatic rings. The van der Waals surface area contributed by atoms with Gasteiger partial charge in [0.1, 0.15) is 6.04 Å². The number of hydrogen-bond donors (Lipinski definition) is 2. The lowest BCUT2D eigenvalue weighted by Crippen LogP contribution is -2.49. The van der Waals surface area contributed by atoms with Gasteiger partial charge in [-0.25, -0.2) is 4.79 Å². The number of urea groups is 1. The third kappa shape index (κ3) is 5.52. The van der Waals surface area contributed by atoms with E-state index in [2.05, 4.69) is 53.6 Å². The molecule has 2 N–H and O–H groups in total. The molecule has 164 valence electrons. The predicted molar refractivity (Wildman–Crippen MR) is 115 cm³/mol. The minimum absolute atomic E-state index is 0.00116. The van der Waals surface area contributed by atoms with Crippen molar-refractivity contribution in [1.29, 1.82) is 0 Å². The van der Waals surface area contributed by atoms with Gasteiger partial charge < -0.3 is 20.3 Å². The number of ether oxygens (including phenoxy) is 1. The van der Waals surface area contributed by atoms with Gasteiger partial charge in [0.2, 0.25) is 5.91 Å². The highest BCUT2D eigenvalue weighted by molar-refractivity contribution is 5.88. The van der Waals surface area contributed by atoms with Crippen molar-refractivity contribution >= 4 is 11.9 Å². The molecule has 2 heterocycles. The molecule has 0 bridgehead atoms. The third-order valence-electron chi connectivity index (χ3n) is 6.11. The van der Waals surface area contributed by atoms with Crippen LogP contribution in [0.1, 0.15) is 50.7 Å². The van der Waals surface area contributed by atoms with Crippen LogP contribution in [0.4, 0.5) is 4.79 Å². The van der Waals surface area contributed by atoms with E-state index >= 15 is 0 Å². The van der Waals surface area contributed by atoms with Crippen LogP contribution < -0.4 is 10.6 Å². The van der Waals surface area contributed by atoms with Gasteiger partial charge in [0.25, 0.3) is 0 Å². The number of carbonyl (C=O) groups is 2. The van der Waals surface area contributed by atoms with Crippen LogP contribution in [-0.4, -0.2) is 65.7 Å². The van der Waals surface area contributed by atoms with E-state index in [4.69, 9.17) is 4.74 Å². The zero-order chi connectivity index (χ0) is 21.1. The number of benzene rings is 1. The van der Waals surface area contributed by atoms with Gasteiger partial charge in [-0.2, -0.15) is 0 Å². The Morgan fingerprint density at radius 2 is 1.70 bits per heavy atom. The van der Waals surface area contributed by atoms with E-state index in [9.17, 15) is 9.59 Å². The second-order valence-electron chi connectivity index (χ2n) is 9.06. The number of morpholine rings is 1. The van der Waals surface area contributed by atoms with E-state index in [-0.39, 0.29) is 30.2 Å². The van der Waals surface area contributed by atoms with Crippen molar-refractivity contribution in [3.8, 4) is 0 Å². The van der Waals surface area contributed by atoms with E-state index in [0.29, 0.717) is 19.1 Å². The Balaban J connectivity index is 1.25. The first-order valence-electron chi connectivity index (χ1n) is 11.3. The van der Waals surface area contributed by atoms with Gasteiger partial charge in [0.15, 0.2) is 0 Å². The molecule has 0 aromatic heterocycles. The van der Waals surface area contributed by atoms with E-state index in [1.54, 1.807) is 4.90 Å². The van der Waals surface area contributed by atoms with Crippen LogP contribution in [0.3, 0.4) is 0 Å². The number of amides is 3. The zero-order valence-corrected chi connectivity index (χ0v) is 18.1. The summed E-state index contributed by atoms with van der Waals surface area (Å²) >= 11 is 0. The Kier molecular flexibility index (Phi) is 6.58. The van der Waals surface area contributed by atoms with Crippen LogP contribution in [-0.2, 0) is 22.6 Å². The average Bonchev–Trinajstić information content (AvgIpc) is 3.37. The fourth-order valence-electron chi connectivity index (χ4n) is 4.52. The third-order valence-corrected chi connectivity index (χ3v) is 6.11. The second-order valence-corrected chi connectivity index (χ2v) is 9.06. The summed E-state index contributed by atoms with van der Waals surface area (Å²) in [6.45, 7) is 8.17. The molecule has 2 aliphatic heterocycles. The van der Waals surface area contributed by atoms with Gasteiger partial charge in [-0.3, -0.25) is 9.69 Å². The summed E-state index contributed by atoms with van der Waals surface area (Å²) in [5.41, 5.74) is 2.33. The molecule has 3 atom stereocenters. The first kappa shape index (κ1) is 21.1. The molecule has 2 saturated heterocycles. The largest absolute Gasteiger partial charge is 0.373 e. The molecule has 4 rings (SSSR count). The molecule has 30 heavy (non-hydrogen) atoms. The highest BCUT2D eigenvalue weighted by atomic mass is 16.5. The Morgan fingerprint density at radius 3 is 2.37 bits per heavy atom. The number of rotatable bonds is 6. The molecule has 3 aliphatic rings. The van der Waals surface area contributed by atoms with Gasteiger partial charge >= 0.3 is 6.03 Å². The molecule has 1 aromatic carbocycles. The smallest absolute Gasteiger partial charge is 0.318 e. The van der Waals surface area contributed by atoms with Crippen molar-refractivity contribution < 1.29 is 14.3 Å². The summed E-state index contributed by atoms with van der Waals surface area (Å²) in [6, 6.07) is 8.26. The molecule has 7 nitrogen and oxygen atoms in total. The highest BCUT2D eigenvalue weighted by Crippen LogP contribution is 2.22. The van der Waals surface area contributed by atoms with Crippen LogP contribution >= 0.6 is 0 Å². The van der Waals surface area contributed by atoms with Gasteiger partial charge in [0.05, 0.1) is 12.2 Å². The molecular formula is C23H34N4O3. The van der Waals surface area contributed by atoms with Gasteiger partial charge in [-0.15, -0.1) is 0 Å². The summed E-state index contributed by atoms with van der Waals surface area (Å²) in [5.74, 6) is 0.00116. The second kappa shape index (κ2) is 9.35. The number of hydrogen-bond acceptors (Lipinski definition) is 4. The maximum absolute atomic E-state index is 12.6. The molecule has 1 aliphatic carbocycles. The lowest BCUT2D eigenvalue weighted by molar-refractivity contribution is -0.124. The molecule has 0 radical (unpaired) electrons. The summed E-state index contributed by atoms with van der Waals surface area (Å²) in [5, 5.41) is 6.01. The molecule has 3 fully saturated rings. The Labute approximate surface area is 179 Å². The van der Waals surface area contributed by atoms with Gasteiger partial charge in [-0.05, 0) is 50.7 Å². The SMILES string of the molecule is CC1CN(Cc2ccc(CNC(=O)N3CCCC3C(=O)NC3CC3)cc2)CC(C)O1. The van der Waals surface area contributed by atoms with Crippen LogP contribution in [0.5, 0.6) is 0 Å². The average molecular weight is 415 g/mol. The van der Waals surface area contributed by atoms with Crippen LogP contribution in [0.2, 0.25) is 0 Å². The Morgan fingerprint density at radius 1 is 1.03 bits per heavy atom.